The Hall–Kier alpha value is -3.04. The van der Waals surface area contributed by atoms with Gasteiger partial charge >= 0.3 is 0 Å². The summed E-state index contributed by atoms with van der Waals surface area (Å²) in [4.78, 5) is 28.7. The molecule has 0 radical (unpaired) electrons. The molecule has 0 unspecified atom stereocenters. The van der Waals surface area contributed by atoms with Gasteiger partial charge in [0.1, 0.15) is 24.1 Å². The van der Waals surface area contributed by atoms with Crippen molar-refractivity contribution >= 4 is 17.5 Å². The van der Waals surface area contributed by atoms with Gasteiger partial charge in [-0.1, -0.05) is 11.6 Å². The quantitative estimate of drug-likeness (QED) is 0.659. The molecular formula is C19H16ClF2N3O4. The largest absolute Gasteiger partial charge is 0.471 e. The van der Waals surface area contributed by atoms with Crippen LogP contribution in [0, 0.1) is 18.6 Å². The smallest absolute Gasteiger partial charge is 0.280 e. The minimum absolute atomic E-state index is 0.0618. The summed E-state index contributed by atoms with van der Waals surface area (Å²) >= 11 is 6.09. The lowest BCUT2D eigenvalue weighted by atomic mass is 10.2. The van der Waals surface area contributed by atoms with E-state index in [1.165, 1.54) is 40.6 Å². The zero-order valence-corrected chi connectivity index (χ0v) is 16.0. The molecular weight excluding hydrogens is 408 g/mol. The molecule has 2 aromatic heterocycles. The van der Waals surface area contributed by atoms with E-state index in [9.17, 15) is 18.4 Å². The van der Waals surface area contributed by atoms with Gasteiger partial charge in [0, 0.05) is 24.0 Å². The fourth-order valence-electron chi connectivity index (χ4n) is 2.66. The normalized spacial score (nSPS) is 10.9. The van der Waals surface area contributed by atoms with E-state index in [0.29, 0.717) is 5.69 Å². The van der Waals surface area contributed by atoms with Crippen molar-refractivity contribution in [3.05, 3.63) is 75.1 Å². The average Bonchev–Trinajstić information content (AvgIpc) is 3.15. The zero-order valence-electron chi connectivity index (χ0n) is 15.2. The number of nitrogens with zero attached hydrogens (tertiary/aromatic N) is 3. The predicted octanol–water partition coefficient (Wildman–Crippen LogP) is 2.88. The molecule has 1 aromatic carbocycles. The van der Waals surface area contributed by atoms with Crippen molar-refractivity contribution in [3.63, 3.8) is 0 Å². The summed E-state index contributed by atoms with van der Waals surface area (Å²) in [5.74, 6) is -1.82. The number of aliphatic hydroxyl groups is 1. The first kappa shape index (κ1) is 20.7. The highest BCUT2D eigenvalue weighted by Crippen LogP contribution is 2.22. The topological polar surface area (TPSA) is 86.4 Å². The minimum atomic E-state index is -0.792. The number of aliphatic hydroxyl groups excluding tert-OH is 1. The van der Waals surface area contributed by atoms with Crippen LogP contribution < -0.4 is 10.3 Å². The number of halogens is 3. The van der Waals surface area contributed by atoms with Crippen LogP contribution in [0.2, 0.25) is 5.02 Å². The van der Waals surface area contributed by atoms with Crippen LogP contribution in [0.15, 0.2) is 41.5 Å². The zero-order chi connectivity index (χ0) is 21.1. The van der Waals surface area contributed by atoms with Crippen molar-refractivity contribution in [1.29, 1.82) is 0 Å². The third kappa shape index (κ3) is 4.36. The lowest BCUT2D eigenvalue weighted by Gasteiger charge is -2.12. The minimum Gasteiger partial charge on any atom is -0.471 e. The summed E-state index contributed by atoms with van der Waals surface area (Å²) in [6.45, 7) is 0.948. The summed E-state index contributed by atoms with van der Waals surface area (Å²) in [7, 11) is 0. The maximum absolute atomic E-state index is 13.7. The highest BCUT2D eigenvalue weighted by Gasteiger charge is 2.17. The Kier molecular flexibility index (Phi) is 6.09. The molecule has 3 rings (SSSR count). The van der Waals surface area contributed by atoms with Gasteiger partial charge in [-0.3, -0.25) is 18.7 Å². The number of ether oxygens (including phenoxy) is 1. The van der Waals surface area contributed by atoms with Gasteiger partial charge in [0.15, 0.2) is 5.02 Å². The van der Waals surface area contributed by atoms with E-state index in [2.05, 4.69) is 4.98 Å². The highest BCUT2D eigenvalue weighted by atomic mass is 35.5. The van der Waals surface area contributed by atoms with Crippen molar-refractivity contribution in [1.82, 2.24) is 14.1 Å². The Bertz CT molecular complexity index is 1130. The lowest BCUT2D eigenvalue weighted by Crippen LogP contribution is -2.23. The average molecular weight is 424 g/mol. The molecule has 0 spiro atoms. The molecule has 7 nitrogen and oxygen atoms in total. The standard InChI is InChI=1S/C19H16ClF2N3O4/c1-11-23-18(29-10-12-2-3-13(21)8-15(12)22)17(20)19(28)25(11)14-4-6-24(9-14)16(27)5-7-26/h2-4,6,8-9,26H,5,7,10H2,1H3. The Morgan fingerprint density at radius 2 is 2.07 bits per heavy atom. The number of carbonyl (C=O) groups excluding carboxylic acids is 1. The number of hydrogen-bond acceptors (Lipinski definition) is 5. The summed E-state index contributed by atoms with van der Waals surface area (Å²) < 4.78 is 34.5. The fourth-order valence-corrected chi connectivity index (χ4v) is 2.85. The van der Waals surface area contributed by atoms with Crippen LogP contribution in [0.5, 0.6) is 5.88 Å². The second-order valence-electron chi connectivity index (χ2n) is 6.09. The molecule has 29 heavy (non-hydrogen) atoms. The maximum atomic E-state index is 13.7. The van der Waals surface area contributed by atoms with Gasteiger partial charge in [0.25, 0.3) is 5.56 Å². The summed E-state index contributed by atoms with van der Waals surface area (Å²) in [6.07, 6.45) is 2.81. The summed E-state index contributed by atoms with van der Waals surface area (Å²) in [5.41, 5.74) is -0.212. The van der Waals surface area contributed by atoms with E-state index >= 15 is 0 Å². The van der Waals surface area contributed by atoms with E-state index in [-0.39, 0.29) is 47.8 Å². The Labute approximate surface area is 168 Å². The van der Waals surface area contributed by atoms with Gasteiger partial charge in [-0.25, -0.2) is 8.78 Å². The van der Waals surface area contributed by atoms with Crippen molar-refractivity contribution in [2.24, 2.45) is 0 Å². The second kappa shape index (κ2) is 8.54. The SMILES string of the molecule is Cc1nc(OCc2ccc(F)cc2F)c(Cl)c(=O)n1-c1ccn(C(=O)CCO)c1. The molecule has 2 heterocycles. The first-order valence-corrected chi connectivity index (χ1v) is 8.88. The van der Waals surface area contributed by atoms with Crippen LogP contribution in [0.4, 0.5) is 8.78 Å². The first-order valence-electron chi connectivity index (χ1n) is 8.50. The number of carbonyl (C=O) groups is 1. The molecule has 0 amide bonds. The first-order chi connectivity index (χ1) is 13.8. The number of hydrogen-bond donors (Lipinski definition) is 1. The van der Waals surface area contributed by atoms with Crippen molar-refractivity contribution in [2.45, 2.75) is 20.0 Å². The lowest BCUT2D eigenvalue weighted by molar-refractivity contribution is 0.0875. The molecule has 10 heteroatoms. The molecule has 0 aliphatic heterocycles. The number of aromatic nitrogens is 3. The van der Waals surface area contributed by atoms with E-state index in [1.807, 2.05) is 0 Å². The molecule has 0 atom stereocenters. The third-order valence-corrected chi connectivity index (χ3v) is 4.42. The summed E-state index contributed by atoms with van der Waals surface area (Å²) in [6, 6.07) is 4.55. The van der Waals surface area contributed by atoms with E-state index in [1.54, 1.807) is 0 Å². The van der Waals surface area contributed by atoms with Crippen molar-refractivity contribution in [3.8, 4) is 11.6 Å². The Balaban J connectivity index is 1.88. The van der Waals surface area contributed by atoms with Crippen molar-refractivity contribution < 1.29 is 23.4 Å². The van der Waals surface area contributed by atoms with Gasteiger partial charge in [-0.15, -0.1) is 0 Å². The summed E-state index contributed by atoms with van der Waals surface area (Å²) in [5, 5.41) is 8.54. The van der Waals surface area contributed by atoms with E-state index in [4.69, 9.17) is 21.4 Å². The van der Waals surface area contributed by atoms with Gasteiger partial charge < -0.3 is 9.84 Å². The number of rotatable bonds is 6. The third-order valence-electron chi connectivity index (χ3n) is 4.09. The Morgan fingerprint density at radius 1 is 1.31 bits per heavy atom. The van der Waals surface area contributed by atoms with Crippen LogP contribution in [0.1, 0.15) is 22.6 Å². The van der Waals surface area contributed by atoms with E-state index < -0.39 is 17.2 Å². The van der Waals surface area contributed by atoms with Crippen LogP contribution in [0.3, 0.4) is 0 Å². The predicted molar refractivity (Wildman–Crippen MR) is 101 cm³/mol. The number of benzene rings is 1. The van der Waals surface area contributed by atoms with Gasteiger partial charge in [-0.05, 0) is 25.1 Å². The van der Waals surface area contributed by atoms with Crippen LogP contribution in [0.25, 0.3) is 5.69 Å². The number of aryl methyl sites for hydroxylation is 1. The highest BCUT2D eigenvalue weighted by molar-refractivity contribution is 6.31. The van der Waals surface area contributed by atoms with E-state index in [0.717, 1.165) is 12.1 Å². The molecule has 3 aromatic rings. The molecule has 0 fully saturated rings. The molecule has 0 bridgehead atoms. The fraction of sp³-hybridized carbons (Fsp3) is 0.211. The molecule has 0 aliphatic rings. The van der Waals surface area contributed by atoms with Gasteiger partial charge in [0.2, 0.25) is 11.8 Å². The molecule has 1 N–H and O–H groups in total. The molecule has 0 aliphatic carbocycles. The molecule has 152 valence electrons. The molecule has 0 saturated heterocycles. The van der Waals surface area contributed by atoms with Crippen LogP contribution in [-0.4, -0.2) is 31.7 Å². The monoisotopic (exact) mass is 423 g/mol. The van der Waals surface area contributed by atoms with Gasteiger partial charge in [-0.2, -0.15) is 4.98 Å². The van der Waals surface area contributed by atoms with Crippen molar-refractivity contribution in [2.75, 3.05) is 6.61 Å². The van der Waals surface area contributed by atoms with Crippen LogP contribution in [-0.2, 0) is 6.61 Å². The Morgan fingerprint density at radius 3 is 2.76 bits per heavy atom. The maximum Gasteiger partial charge on any atom is 0.280 e. The molecule has 0 saturated carbocycles. The van der Waals surface area contributed by atoms with Gasteiger partial charge in [0.05, 0.1) is 18.7 Å². The second-order valence-corrected chi connectivity index (χ2v) is 6.47. The van der Waals surface area contributed by atoms with Crippen LogP contribution >= 0.6 is 11.6 Å².